The van der Waals surface area contributed by atoms with Crippen LogP contribution in [0.3, 0.4) is 0 Å². The summed E-state index contributed by atoms with van der Waals surface area (Å²) in [5.74, 6) is -0.557. The predicted molar refractivity (Wildman–Crippen MR) is 127 cm³/mol. The Kier molecular flexibility index (Phi) is 4.63. The van der Waals surface area contributed by atoms with E-state index in [1.54, 1.807) is 6.08 Å². The van der Waals surface area contributed by atoms with Crippen LogP contribution in [0.5, 0.6) is 5.75 Å². The summed E-state index contributed by atoms with van der Waals surface area (Å²) < 4.78 is 6.10. The number of piperazine rings is 1. The summed E-state index contributed by atoms with van der Waals surface area (Å²) in [6.07, 6.45) is 6.41. The highest BCUT2D eigenvalue weighted by atomic mass is 16.5. The molecule has 34 heavy (non-hydrogen) atoms. The zero-order chi connectivity index (χ0) is 24.7. The van der Waals surface area contributed by atoms with Crippen LogP contribution in [-0.4, -0.2) is 51.6 Å². The number of carbonyl (C=O) groups is 3. The number of amides is 3. The molecule has 0 aromatic heterocycles. The lowest BCUT2D eigenvalue weighted by Gasteiger charge is -2.46. The Morgan fingerprint density at radius 1 is 1.26 bits per heavy atom. The van der Waals surface area contributed by atoms with Gasteiger partial charge >= 0.3 is 0 Å². The van der Waals surface area contributed by atoms with E-state index in [4.69, 9.17) is 4.74 Å². The Labute approximate surface area is 199 Å². The molecule has 2 fully saturated rings. The third kappa shape index (κ3) is 2.84. The van der Waals surface area contributed by atoms with Gasteiger partial charge in [0.25, 0.3) is 5.91 Å². The molecule has 180 valence electrons. The van der Waals surface area contributed by atoms with E-state index >= 15 is 0 Å². The zero-order valence-corrected chi connectivity index (χ0v) is 20.0. The van der Waals surface area contributed by atoms with Crippen molar-refractivity contribution in [2.75, 3.05) is 11.9 Å². The van der Waals surface area contributed by atoms with Gasteiger partial charge in [0.05, 0.1) is 11.1 Å². The number of nitrogens with one attached hydrogen (secondary N) is 2. The number of allylic oxidation sites excluding steroid dienone is 1. The third-order valence-corrected chi connectivity index (χ3v) is 8.02. The van der Waals surface area contributed by atoms with Crippen molar-refractivity contribution in [1.82, 2.24) is 10.2 Å². The number of anilines is 1. The maximum atomic E-state index is 13.8. The molecule has 0 unspecified atom stereocenters. The van der Waals surface area contributed by atoms with Crippen LogP contribution in [0.15, 0.2) is 30.9 Å². The van der Waals surface area contributed by atoms with Crippen LogP contribution in [0.1, 0.15) is 58.1 Å². The molecule has 2 saturated heterocycles. The fraction of sp³-hybridized carbons (Fsp3) is 0.500. The van der Waals surface area contributed by atoms with Crippen molar-refractivity contribution in [3.8, 4) is 5.75 Å². The third-order valence-electron chi connectivity index (χ3n) is 8.02. The molecule has 1 aromatic rings. The van der Waals surface area contributed by atoms with Crippen LogP contribution in [-0.2, 0) is 19.8 Å². The zero-order valence-electron chi connectivity index (χ0n) is 20.0. The van der Waals surface area contributed by atoms with Gasteiger partial charge < -0.3 is 25.4 Å². The van der Waals surface area contributed by atoms with Crippen molar-refractivity contribution in [2.45, 2.75) is 69.7 Å². The quantitative estimate of drug-likeness (QED) is 0.592. The number of ether oxygens (including phenoxy) is 1. The summed E-state index contributed by atoms with van der Waals surface area (Å²) in [4.78, 5) is 41.3. The van der Waals surface area contributed by atoms with E-state index in [-0.39, 0.29) is 24.7 Å². The van der Waals surface area contributed by atoms with Gasteiger partial charge in [0.15, 0.2) is 0 Å². The molecule has 0 radical (unpaired) electrons. The largest absolute Gasteiger partial charge is 0.483 e. The first-order valence-electron chi connectivity index (χ1n) is 11.7. The standard InChI is InChI=1S/C26H31N3O5/c1-6-23(2,3)25(14-17-20(30)29-13-7-11-26(29,33)22(32)27-17)16-8-9-18-15(19(16)28-21(25)31)10-12-24(4,5)34-18/h6,8-10,12,17,33H,1,7,11,13-14H2,2-5H3,(H,27,32)(H,28,31)/t17-,25-,26+/m0/s1. The minimum atomic E-state index is -1.81. The van der Waals surface area contributed by atoms with Crippen LogP contribution >= 0.6 is 0 Å². The molecular weight excluding hydrogens is 434 g/mol. The molecule has 0 aliphatic carbocycles. The normalized spacial score (nSPS) is 31.3. The first-order valence-corrected chi connectivity index (χ1v) is 11.7. The highest BCUT2D eigenvalue weighted by Gasteiger charge is 2.61. The van der Waals surface area contributed by atoms with Crippen molar-refractivity contribution < 1.29 is 24.2 Å². The molecule has 8 heteroatoms. The lowest BCUT2D eigenvalue weighted by atomic mass is 9.59. The van der Waals surface area contributed by atoms with Crippen molar-refractivity contribution in [1.29, 1.82) is 0 Å². The van der Waals surface area contributed by atoms with E-state index < -0.39 is 34.1 Å². The minimum absolute atomic E-state index is 0.0385. The molecule has 0 saturated carbocycles. The summed E-state index contributed by atoms with van der Waals surface area (Å²) in [6.45, 7) is 12.0. The number of nitrogens with zero attached hydrogens (tertiary/aromatic N) is 1. The Morgan fingerprint density at radius 2 is 2.00 bits per heavy atom. The molecule has 5 rings (SSSR count). The van der Waals surface area contributed by atoms with E-state index in [0.29, 0.717) is 24.4 Å². The maximum absolute atomic E-state index is 13.8. The Balaban J connectivity index is 1.62. The van der Waals surface area contributed by atoms with E-state index in [2.05, 4.69) is 17.2 Å². The molecule has 3 atom stereocenters. The molecule has 4 aliphatic rings. The molecule has 8 nitrogen and oxygen atoms in total. The highest BCUT2D eigenvalue weighted by molar-refractivity contribution is 6.10. The second-order valence-corrected chi connectivity index (χ2v) is 10.9. The molecular formula is C26H31N3O5. The number of rotatable bonds is 4. The monoisotopic (exact) mass is 465 g/mol. The molecule has 0 spiro atoms. The fourth-order valence-corrected chi connectivity index (χ4v) is 5.87. The van der Waals surface area contributed by atoms with Crippen LogP contribution in [0, 0.1) is 5.41 Å². The lowest BCUT2D eigenvalue weighted by Crippen LogP contribution is -2.69. The smallest absolute Gasteiger partial charge is 0.274 e. The molecule has 4 aliphatic heterocycles. The summed E-state index contributed by atoms with van der Waals surface area (Å²) >= 11 is 0. The number of carbonyl (C=O) groups excluding carboxylic acids is 3. The number of aliphatic hydroxyl groups is 1. The Hall–Kier alpha value is -3.13. The average molecular weight is 466 g/mol. The van der Waals surface area contributed by atoms with Gasteiger partial charge in [-0.1, -0.05) is 26.0 Å². The van der Waals surface area contributed by atoms with Crippen molar-refractivity contribution in [2.24, 2.45) is 5.41 Å². The van der Waals surface area contributed by atoms with Crippen LogP contribution in [0.2, 0.25) is 0 Å². The molecule has 1 aromatic carbocycles. The lowest BCUT2D eigenvalue weighted by molar-refractivity contribution is -0.178. The molecule has 4 heterocycles. The van der Waals surface area contributed by atoms with Crippen LogP contribution in [0.4, 0.5) is 5.69 Å². The van der Waals surface area contributed by atoms with E-state index in [0.717, 1.165) is 11.1 Å². The van der Waals surface area contributed by atoms with Crippen molar-refractivity contribution in [3.05, 3.63) is 42.0 Å². The van der Waals surface area contributed by atoms with Gasteiger partial charge in [-0.3, -0.25) is 14.4 Å². The van der Waals surface area contributed by atoms with Crippen LogP contribution in [0.25, 0.3) is 6.08 Å². The van der Waals surface area contributed by atoms with Crippen LogP contribution < -0.4 is 15.4 Å². The van der Waals surface area contributed by atoms with Gasteiger partial charge in [-0.2, -0.15) is 0 Å². The minimum Gasteiger partial charge on any atom is -0.483 e. The summed E-state index contributed by atoms with van der Waals surface area (Å²) in [7, 11) is 0. The Bertz CT molecular complexity index is 1170. The molecule has 0 bridgehead atoms. The molecule has 3 amide bonds. The first kappa shape index (κ1) is 22.7. The summed E-state index contributed by atoms with van der Waals surface area (Å²) in [5, 5.41) is 16.5. The first-order chi connectivity index (χ1) is 15.9. The average Bonchev–Trinajstić information content (AvgIpc) is 3.31. The van der Waals surface area contributed by atoms with Gasteiger partial charge in [-0.25, -0.2) is 0 Å². The summed E-state index contributed by atoms with van der Waals surface area (Å²) in [6, 6.07) is 2.77. The van der Waals surface area contributed by atoms with Gasteiger partial charge in [0, 0.05) is 23.9 Å². The number of fused-ring (bicyclic) bond motifs is 4. The van der Waals surface area contributed by atoms with E-state index in [9.17, 15) is 19.5 Å². The van der Waals surface area contributed by atoms with E-state index in [1.165, 1.54) is 4.90 Å². The number of hydrogen-bond donors (Lipinski definition) is 3. The second-order valence-electron chi connectivity index (χ2n) is 10.9. The maximum Gasteiger partial charge on any atom is 0.274 e. The van der Waals surface area contributed by atoms with E-state index in [1.807, 2.05) is 52.0 Å². The SMILES string of the molecule is C=CC(C)(C)[C@]1(C[C@@H]2NC(=O)[C@]3(O)CCCN3C2=O)C(=O)Nc2c1ccc1c2C=CC(C)(C)O1. The highest BCUT2D eigenvalue weighted by Crippen LogP contribution is 2.56. The second kappa shape index (κ2) is 6.95. The Morgan fingerprint density at radius 3 is 2.71 bits per heavy atom. The fourth-order valence-electron chi connectivity index (χ4n) is 5.87. The van der Waals surface area contributed by atoms with Gasteiger partial charge in [-0.15, -0.1) is 6.58 Å². The van der Waals surface area contributed by atoms with Crippen molar-refractivity contribution >= 4 is 29.5 Å². The number of hydrogen-bond acceptors (Lipinski definition) is 5. The molecule has 3 N–H and O–H groups in total. The van der Waals surface area contributed by atoms with Crippen molar-refractivity contribution in [3.63, 3.8) is 0 Å². The predicted octanol–water partition coefficient (Wildman–Crippen LogP) is 2.47. The van der Waals surface area contributed by atoms with Gasteiger partial charge in [-0.05, 0) is 50.5 Å². The summed E-state index contributed by atoms with van der Waals surface area (Å²) in [5.41, 5.74) is -2.05. The van der Waals surface area contributed by atoms with Gasteiger partial charge in [0.2, 0.25) is 17.5 Å². The topological polar surface area (TPSA) is 108 Å². The van der Waals surface area contributed by atoms with Gasteiger partial charge in [0.1, 0.15) is 17.4 Å². The number of benzene rings is 1.